The highest BCUT2D eigenvalue weighted by atomic mass is 35.5. The van der Waals surface area contributed by atoms with E-state index in [4.69, 9.17) is 17.3 Å². The van der Waals surface area contributed by atoms with E-state index in [2.05, 4.69) is 23.2 Å². The van der Waals surface area contributed by atoms with Crippen molar-refractivity contribution in [2.45, 2.75) is 0 Å². The Bertz CT molecular complexity index is 1160. The van der Waals surface area contributed by atoms with Crippen molar-refractivity contribution >= 4 is 17.4 Å². The monoisotopic (exact) mass is 381 g/mol. The molecule has 4 rings (SSSR count). The molecule has 0 saturated carbocycles. The number of hydrogen-bond acceptors (Lipinski definition) is 3. The number of halogens is 1. The standard InChI is InChI=1S/C24H16ClN3/c25-20-12-10-19(11-13-20)23-14-21(22(15-26)24(27)28-23)18-8-6-17(7-9-18)16-4-2-1-3-5-16/h1-14H,(H2,27,28). The van der Waals surface area contributed by atoms with E-state index >= 15 is 0 Å². The number of nitrogens with zero attached hydrogens (tertiary/aromatic N) is 2. The molecule has 0 radical (unpaired) electrons. The molecular formula is C24H16ClN3. The molecule has 0 spiro atoms. The molecule has 134 valence electrons. The minimum atomic E-state index is 0.220. The van der Waals surface area contributed by atoms with Gasteiger partial charge in [0.2, 0.25) is 0 Å². The third-order valence-electron chi connectivity index (χ3n) is 4.60. The van der Waals surface area contributed by atoms with Crippen LogP contribution in [0, 0.1) is 11.3 Å². The number of pyridine rings is 1. The number of nitrogens with two attached hydrogens (primary N) is 1. The molecule has 4 aromatic rings. The van der Waals surface area contributed by atoms with Crippen molar-refractivity contribution in [2.75, 3.05) is 5.73 Å². The molecule has 0 fully saturated rings. The molecule has 1 aromatic heterocycles. The van der Waals surface area contributed by atoms with Crippen LogP contribution in [0.5, 0.6) is 0 Å². The molecule has 0 aliphatic heterocycles. The predicted molar refractivity (Wildman–Crippen MR) is 115 cm³/mol. The van der Waals surface area contributed by atoms with E-state index < -0.39 is 0 Å². The van der Waals surface area contributed by atoms with Gasteiger partial charge >= 0.3 is 0 Å². The number of rotatable bonds is 3. The molecule has 3 nitrogen and oxygen atoms in total. The van der Waals surface area contributed by atoms with Gasteiger partial charge < -0.3 is 5.73 Å². The Morgan fingerprint density at radius 2 is 1.32 bits per heavy atom. The van der Waals surface area contributed by atoms with Gasteiger partial charge in [0, 0.05) is 16.1 Å². The van der Waals surface area contributed by atoms with E-state index in [0.29, 0.717) is 16.3 Å². The third-order valence-corrected chi connectivity index (χ3v) is 4.85. The van der Waals surface area contributed by atoms with E-state index in [1.807, 2.05) is 60.7 Å². The van der Waals surface area contributed by atoms with Gasteiger partial charge in [-0.25, -0.2) is 4.98 Å². The highest BCUT2D eigenvalue weighted by Gasteiger charge is 2.13. The molecule has 0 saturated heterocycles. The van der Waals surface area contributed by atoms with Crippen LogP contribution in [0.3, 0.4) is 0 Å². The summed E-state index contributed by atoms with van der Waals surface area (Å²) in [5.41, 5.74) is 12.0. The van der Waals surface area contributed by atoms with Gasteiger partial charge in [-0.1, -0.05) is 78.3 Å². The smallest absolute Gasteiger partial charge is 0.142 e. The van der Waals surface area contributed by atoms with Crippen molar-refractivity contribution in [2.24, 2.45) is 0 Å². The van der Waals surface area contributed by atoms with Crippen LogP contribution in [-0.2, 0) is 0 Å². The Balaban J connectivity index is 1.80. The van der Waals surface area contributed by atoms with Gasteiger partial charge in [0.05, 0.1) is 5.69 Å². The summed E-state index contributed by atoms with van der Waals surface area (Å²) in [6, 6.07) is 29.7. The summed E-state index contributed by atoms with van der Waals surface area (Å²) < 4.78 is 0. The van der Waals surface area contributed by atoms with Crippen LogP contribution < -0.4 is 5.73 Å². The van der Waals surface area contributed by atoms with Crippen LogP contribution >= 0.6 is 11.6 Å². The van der Waals surface area contributed by atoms with E-state index in [0.717, 1.165) is 27.8 Å². The first-order chi connectivity index (χ1) is 13.7. The van der Waals surface area contributed by atoms with Crippen LogP contribution in [-0.4, -0.2) is 4.98 Å². The lowest BCUT2D eigenvalue weighted by molar-refractivity contribution is 1.31. The lowest BCUT2D eigenvalue weighted by Crippen LogP contribution is -1.99. The van der Waals surface area contributed by atoms with Crippen LogP contribution in [0.15, 0.2) is 84.9 Å². The summed E-state index contributed by atoms with van der Waals surface area (Å²) in [6.45, 7) is 0. The third kappa shape index (κ3) is 3.46. The SMILES string of the molecule is N#Cc1c(-c2ccc(-c3ccccc3)cc2)cc(-c2ccc(Cl)cc2)nc1N. The van der Waals surface area contributed by atoms with Crippen LogP contribution in [0.4, 0.5) is 5.82 Å². The number of aromatic nitrogens is 1. The van der Waals surface area contributed by atoms with Crippen molar-refractivity contribution in [3.63, 3.8) is 0 Å². The Morgan fingerprint density at radius 1 is 0.750 bits per heavy atom. The molecule has 0 unspecified atom stereocenters. The Morgan fingerprint density at radius 3 is 1.96 bits per heavy atom. The summed E-state index contributed by atoms with van der Waals surface area (Å²) in [5, 5.41) is 10.3. The quantitative estimate of drug-likeness (QED) is 0.460. The summed E-state index contributed by atoms with van der Waals surface area (Å²) in [4.78, 5) is 4.41. The van der Waals surface area contributed by atoms with Gasteiger partial charge in [0.1, 0.15) is 17.5 Å². The van der Waals surface area contributed by atoms with Gasteiger partial charge in [0.25, 0.3) is 0 Å². The topological polar surface area (TPSA) is 62.7 Å². The molecule has 0 aliphatic rings. The number of nitriles is 1. The highest BCUT2D eigenvalue weighted by Crippen LogP contribution is 2.32. The molecule has 0 aliphatic carbocycles. The molecule has 2 N–H and O–H groups in total. The molecule has 1 heterocycles. The van der Waals surface area contributed by atoms with E-state index in [-0.39, 0.29) is 5.82 Å². The molecule has 0 atom stereocenters. The van der Waals surface area contributed by atoms with E-state index in [1.54, 1.807) is 12.1 Å². The maximum absolute atomic E-state index is 9.60. The van der Waals surface area contributed by atoms with Crippen molar-refractivity contribution in [3.05, 3.63) is 95.5 Å². The fraction of sp³-hybridized carbons (Fsp3) is 0. The fourth-order valence-corrected chi connectivity index (χ4v) is 3.28. The first-order valence-corrected chi connectivity index (χ1v) is 9.16. The Kier molecular flexibility index (Phi) is 4.80. The zero-order chi connectivity index (χ0) is 19.5. The zero-order valence-corrected chi connectivity index (χ0v) is 15.7. The molecular weight excluding hydrogens is 366 g/mol. The molecule has 3 aromatic carbocycles. The van der Waals surface area contributed by atoms with Crippen LogP contribution in [0.2, 0.25) is 5.02 Å². The zero-order valence-electron chi connectivity index (χ0n) is 14.9. The first-order valence-electron chi connectivity index (χ1n) is 8.78. The van der Waals surface area contributed by atoms with Crippen LogP contribution in [0.25, 0.3) is 33.5 Å². The largest absolute Gasteiger partial charge is 0.383 e. The second-order valence-corrected chi connectivity index (χ2v) is 6.81. The number of nitrogen functional groups attached to an aromatic ring is 1. The van der Waals surface area contributed by atoms with Gasteiger partial charge in [-0.05, 0) is 34.9 Å². The average molecular weight is 382 g/mol. The molecule has 0 amide bonds. The second kappa shape index (κ2) is 7.56. The lowest BCUT2D eigenvalue weighted by Gasteiger charge is -2.11. The van der Waals surface area contributed by atoms with Crippen LogP contribution in [0.1, 0.15) is 5.56 Å². The van der Waals surface area contributed by atoms with Crippen molar-refractivity contribution in [1.82, 2.24) is 4.98 Å². The van der Waals surface area contributed by atoms with Gasteiger partial charge in [-0.3, -0.25) is 0 Å². The maximum Gasteiger partial charge on any atom is 0.142 e. The van der Waals surface area contributed by atoms with Crippen molar-refractivity contribution < 1.29 is 0 Å². The van der Waals surface area contributed by atoms with Gasteiger partial charge in [0.15, 0.2) is 0 Å². The number of anilines is 1. The summed E-state index contributed by atoms with van der Waals surface area (Å²) in [6.07, 6.45) is 0. The van der Waals surface area contributed by atoms with Gasteiger partial charge in [-0.2, -0.15) is 5.26 Å². The minimum absolute atomic E-state index is 0.220. The first kappa shape index (κ1) is 17.8. The van der Waals surface area contributed by atoms with E-state index in [9.17, 15) is 5.26 Å². The number of benzene rings is 3. The summed E-state index contributed by atoms with van der Waals surface area (Å²) >= 11 is 5.98. The number of hydrogen-bond donors (Lipinski definition) is 1. The van der Waals surface area contributed by atoms with Crippen molar-refractivity contribution in [3.8, 4) is 39.6 Å². The predicted octanol–water partition coefficient (Wildman–Crippen LogP) is 6.19. The summed E-state index contributed by atoms with van der Waals surface area (Å²) in [5.74, 6) is 0.220. The van der Waals surface area contributed by atoms with E-state index in [1.165, 1.54) is 0 Å². The lowest BCUT2D eigenvalue weighted by atomic mass is 9.96. The average Bonchev–Trinajstić information content (AvgIpc) is 2.74. The van der Waals surface area contributed by atoms with Crippen molar-refractivity contribution in [1.29, 1.82) is 5.26 Å². The molecule has 0 bridgehead atoms. The molecule has 28 heavy (non-hydrogen) atoms. The fourth-order valence-electron chi connectivity index (χ4n) is 3.15. The Hall–Kier alpha value is -3.61. The normalized spacial score (nSPS) is 10.4. The summed E-state index contributed by atoms with van der Waals surface area (Å²) in [7, 11) is 0. The maximum atomic E-state index is 9.60. The van der Waals surface area contributed by atoms with Gasteiger partial charge in [-0.15, -0.1) is 0 Å². The highest BCUT2D eigenvalue weighted by molar-refractivity contribution is 6.30. The Labute approximate surface area is 168 Å². The second-order valence-electron chi connectivity index (χ2n) is 6.38. The molecule has 4 heteroatoms. The minimum Gasteiger partial charge on any atom is -0.383 e.